The lowest BCUT2D eigenvalue weighted by atomic mass is 10.1. The van der Waals surface area contributed by atoms with E-state index in [9.17, 15) is 4.79 Å². The molecule has 2 heterocycles. The van der Waals surface area contributed by atoms with Crippen LogP contribution >= 0.6 is 0 Å². The van der Waals surface area contributed by atoms with Gasteiger partial charge in [0.05, 0.1) is 11.1 Å². The predicted molar refractivity (Wildman–Crippen MR) is 70.6 cm³/mol. The van der Waals surface area contributed by atoms with Gasteiger partial charge in [-0.15, -0.1) is 0 Å². The second-order valence-electron chi connectivity index (χ2n) is 4.23. The Morgan fingerprint density at radius 2 is 2.11 bits per heavy atom. The molecular formula is C14H11N3O2. The summed E-state index contributed by atoms with van der Waals surface area (Å²) in [6.45, 7) is 1.83. The molecule has 5 nitrogen and oxygen atoms in total. The van der Waals surface area contributed by atoms with E-state index in [1.165, 1.54) is 0 Å². The average molecular weight is 253 g/mol. The minimum absolute atomic E-state index is 0.282. The Balaban J connectivity index is 2.18. The molecule has 94 valence electrons. The fourth-order valence-electron chi connectivity index (χ4n) is 2.05. The third-order valence-electron chi connectivity index (χ3n) is 2.95. The summed E-state index contributed by atoms with van der Waals surface area (Å²) in [5.74, 6) is 0.541. The number of rotatable bonds is 2. The van der Waals surface area contributed by atoms with Crippen LogP contribution in [0.4, 0.5) is 0 Å². The van der Waals surface area contributed by atoms with Crippen LogP contribution in [0.3, 0.4) is 0 Å². The van der Waals surface area contributed by atoms with Crippen molar-refractivity contribution in [2.45, 2.75) is 6.92 Å². The van der Waals surface area contributed by atoms with E-state index >= 15 is 0 Å². The third kappa shape index (κ3) is 1.95. The van der Waals surface area contributed by atoms with Gasteiger partial charge in [-0.05, 0) is 37.3 Å². The van der Waals surface area contributed by atoms with Crippen molar-refractivity contribution in [2.75, 3.05) is 0 Å². The molecule has 0 saturated heterocycles. The van der Waals surface area contributed by atoms with Gasteiger partial charge in [0.25, 0.3) is 0 Å². The van der Waals surface area contributed by atoms with Crippen molar-refractivity contribution in [3.8, 4) is 5.82 Å². The van der Waals surface area contributed by atoms with Gasteiger partial charge in [0.2, 0.25) is 0 Å². The van der Waals surface area contributed by atoms with E-state index < -0.39 is 5.97 Å². The van der Waals surface area contributed by atoms with Gasteiger partial charge in [0, 0.05) is 17.8 Å². The van der Waals surface area contributed by atoms with Gasteiger partial charge in [-0.3, -0.25) is 0 Å². The summed E-state index contributed by atoms with van der Waals surface area (Å²) in [7, 11) is 0. The van der Waals surface area contributed by atoms with Gasteiger partial charge in [0.1, 0.15) is 11.6 Å². The van der Waals surface area contributed by atoms with Gasteiger partial charge in [-0.25, -0.2) is 14.8 Å². The highest BCUT2D eigenvalue weighted by Crippen LogP contribution is 2.20. The highest BCUT2D eigenvalue weighted by atomic mass is 16.4. The zero-order valence-corrected chi connectivity index (χ0v) is 10.2. The molecule has 0 amide bonds. The minimum Gasteiger partial charge on any atom is -0.478 e. The second-order valence-corrected chi connectivity index (χ2v) is 4.23. The predicted octanol–water partition coefficient (Wildman–Crippen LogP) is 2.43. The first kappa shape index (κ1) is 11.4. The standard InChI is InChI=1S/C14H11N3O2/c1-9-15-6-4-13(16-9)17-7-5-10-8-11(14(18)19)2-3-12(10)17/h2-8H,1H3,(H,18,19). The summed E-state index contributed by atoms with van der Waals surface area (Å²) in [6.07, 6.45) is 3.58. The number of nitrogens with zero attached hydrogens (tertiary/aromatic N) is 3. The smallest absolute Gasteiger partial charge is 0.335 e. The Kier molecular flexibility index (Phi) is 2.52. The van der Waals surface area contributed by atoms with E-state index in [1.807, 2.05) is 29.8 Å². The van der Waals surface area contributed by atoms with Crippen molar-refractivity contribution in [2.24, 2.45) is 0 Å². The molecule has 2 aromatic heterocycles. The zero-order valence-electron chi connectivity index (χ0n) is 10.2. The molecule has 1 aromatic carbocycles. The maximum Gasteiger partial charge on any atom is 0.335 e. The molecular weight excluding hydrogens is 242 g/mol. The molecule has 0 aliphatic carbocycles. The fourth-order valence-corrected chi connectivity index (χ4v) is 2.05. The first-order valence-electron chi connectivity index (χ1n) is 5.79. The third-order valence-corrected chi connectivity index (χ3v) is 2.95. The second kappa shape index (κ2) is 4.20. The number of carboxylic acid groups (broad SMARTS) is 1. The first-order valence-corrected chi connectivity index (χ1v) is 5.79. The van der Waals surface area contributed by atoms with Gasteiger partial charge in [-0.2, -0.15) is 0 Å². The fraction of sp³-hybridized carbons (Fsp3) is 0.0714. The van der Waals surface area contributed by atoms with Crippen LogP contribution in [0.2, 0.25) is 0 Å². The van der Waals surface area contributed by atoms with Crippen LogP contribution in [0.25, 0.3) is 16.7 Å². The molecule has 0 aliphatic rings. The summed E-state index contributed by atoms with van der Waals surface area (Å²) < 4.78 is 1.91. The number of aryl methyl sites for hydroxylation is 1. The van der Waals surface area contributed by atoms with Gasteiger partial charge < -0.3 is 9.67 Å². The highest BCUT2D eigenvalue weighted by molar-refractivity contribution is 5.94. The molecule has 3 rings (SSSR count). The summed E-state index contributed by atoms with van der Waals surface area (Å²) >= 11 is 0. The van der Waals surface area contributed by atoms with Crippen molar-refractivity contribution < 1.29 is 9.90 Å². The minimum atomic E-state index is -0.924. The van der Waals surface area contributed by atoms with Gasteiger partial charge in [-0.1, -0.05) is 0 Å². The molecule has 0 unspecified atom stereocenters. The van der Waals surface area contributed by atoms with Crippen LogP contribution in [0, 0.1) is 6.92 Å². The van der Waals surface area contributed by atoms with E-state index in [4.69, 9.17) is 5.11 Å². The van der Waals surface area contributed by atoms with Crippen molar-refractivity contribution in [3.05, 3.63) is 54.1 Å². The number of aromatic carboxylic acids is 1. The molecule has 0 aliphatic heterocycles. The Hall–Kier alpha value is -2.69. The molecule has 0 atom stereocenters. The van der Waals surface area contributed by atoms with Crippen LogP contribution in [-0.2, 0) is 0 Å². The Labute approximate surface area is 109 Å². The molecule has 0 radical (unpaired) electrons. The number of fused-ring (bicyclic) bond motifs is 1. The van der Waals surface area contributed by atoms with Gasteiger partial charge in [0.15, 0.2) is 0 Å². The average Bonchev–Trinajstić information content (AvgIpc) is 2.81. The number of hydrogen-bond acceptors (Lipinski definition) is 3. The summed E-state index contributed by atoms with van der Waals surface area (Å²) in [5, 5.41) is 9.85. The number of carbonyl (C=O) groups is 1. The summed E-state index contributed by atoms with van der Waals surface area (Å²) in [4.78, 5) is 19.4. The zero-order chi connectivity index (χ0) is 13.4. The molecule has 0 saturated carbocycles. The molecule has 3 aromatic rings. The van der Waals surface area contributed by atoms with Crippen LogP contribution in [0.5, 0.6) is 0 Å². The molecule has 0 fully saturated rings. The van der Waals surface area contributed by atoms with E-state index in [0.29, 0.717) is 5.82 Å². The molecule has 0 bridgehead atoms. The summed E-state index contributed by atoms with van der Waals surface area (Å²) in [5.41, 5.74) is 1.20. The largest absolute Gasteiger partial charge is 0.478 e. The normalized spacial score (nSPS) is 10.8. The van der Waals surface area contributed by atoms with Crippen LogP contribution in [0.1, 0.15) is 16.2 Å². The topological polar surface area (TPSA) is 68.0 Å². The Morgan fingerprint density at radius 1 is 1.26 bits per heavy atom. The number of benzene rings is 1. The maximum absolute atomic E-state index is 10.9. The van der Waals surface area contributed by atoms with Crippen molar-refractivity contribution in [1.29, 1.82) is 0 Å². The monoisotopic (exact) mass is 253 g/mol. The lowest BCUT2D eigenvalue weighted by molar-refractivity contribution is 0.0697. The van der Waals surface area contributed by atoms with E-state index in [0.717, 1.165) is 16.7 Å². The first-order chi connectivity index (χ1) is 9.15. The Bertz CT molecular complexity index is 777. The van der Waals surface area contributed by atoms with Crippen molar-refractivity contribution in [3.63, 3.8) is 0 Å². The van der Waals surface area contributed by atoms with Crippen LogP contribution in [-0.4, -0.2) is 25.6 Å². The molecule has 5 heteroatoms. The number of hydrogen-bond donors (Lipinski definition) is 1. The van der Waals surface area contributed by atoms with E-state index in [-0.39, 0.29) is 5.56 Å². The van der Waals surface area contributed by atoms with E-state index in [2.05, 4.69) is 9.97 Å². The van der Waals surface area contributed by atoms with Crippen LogP contribution < -0.4 is 0 Å². The molecule has 0 spiro atoms. The highest BCUT2D eigenvalue weighted by Gasteiger charge is 2.08. The Morgan fingerprint density at radius 3 is 2.84 bits per heavy atom. The number of carboxylic acids is 1. The van der Waals surface area contributed by atoms with Crippen LogP contribution in [0.15, 0.2) is 42.7 Å². The van der Waals surface area contributed by atoms with Crippen molar-refractivity contribution in [1.82, 2.24) is 14.5 Å². The molecule has 19 heavy (non-hydrogen) atoms. The number of aromatic nitrogens is 3. The van der Waals surface area contributed by atoms with E-state index in [1.54, 1.807) is 24.4 Å². The molecule has 1 N–H and O–H groups in total. The van der Waals surface area contributed by atoms with Gasteiger partial charge >= 0.3 is 5.97 Å². The maximum atomic E-state index is 10.9. The SMILES string of the molecule is Cc1nccc(-n2ccc3cc(C(=O)O)ccc32)n1. The summed E-state index contributed by atoms with van der Waals surface area (Å²) in [6, 6.07) is 8.73. The quantitative estimate of drug-likeness (QED) is 0.761. The lowest BCUT2D eigenvalue weighted by Crippen LogP contribution is -1.99. The van der Waals surface area contributed by atoms with Crippen molar-refractivity contribution >= 4 is 16.9 Å². The lowest BCUT2D eigenvalue weighted by Gasteiger charge is -2.05.